The molecule has 0 unspecified atom stereocenters. The molecule has 0 nitrogen and oxygen atoms in total. The molecule has 1 saturated carbocycles. The van der Waals surface area contributed by atoms with Crippen LogP contribution in [0, 0.1) is 0 Å². The summed E-state index contributed by atoms with van der Waals surface area (Å²) < 4.78 is 0. The van der Waals surface area contributed by atoms with Crippen LogP contribution in [0.25, 0.3) is 0 Å². The van der Waals surface area contributed by atoms with Crippen LogP contribution >= 0.6 is 0 Å². The maximum atomic E-state index is 6.48. The summed E-state index contributed by atoms with van der Waals surface area (Å²) in [7, 11) is 6.48. The molecule has 0 aromatic heterocycles. The van der Waals surface area contributed by atoms with Crippen molar-refractivity contribution in [1.82, 2.24) is 0 Å². The van der Waals surface area contributed by atoms with Gasteiger partial charge in [0.15, 0.2) is 0 Å². The molecule has 1 rings (SSSR count). The van der Waals surface area contributed by atoms with Gasteiger partial charge in [-0.2, -0.15) is 0 Å². The van der Waals surface area contributed by atoms with Crippen LogP contribution in [-0.4, -0.2) is 7.85 Å². The SMILES string of the molecule is [B]C1(CCCC)CCCCCCCC1. The third-order valence-electron chi connectivity index (χ3n) is 3.63. The average molecular weight is 192 g/mol. The lowest BCUT2D eigenvalue weighted by molar-refractivity contribution is 0.411. The molecule has 0 bridgehead atoms. The largest absolute Gasteiger partial charge is 0.0746 e. The standard InChI is InChI=1S/C13H25B/c1-2-3-10-13(14)11-8-6-4-5-7-9-12-13/h2-12H2,1H3. The molecule has 0 aromatic carbocycles. The lowest BCUT2D eigenvalue weighted by atomic mass is 9.60. The van der Waals surface area contributed by atoms with Crippen LogP contribution in [0.1, 0.15) is 77.6 Å². The van der Waals surface area contributed by atoms with E-state index in [4.69, 9.17) is 7.85 Å². The van der Waals surface area contributed by atoms with Crippen molar-refractivity contribution >= 4 is 7.85 Å². The van der Waals surface area contributed by atoms with E-state index in [1.54, 1.807) is 0 Å². The monoisotopic (exact) mass is 192 g/mol. The van der Waals surface area contributed by atoms with E-state index in [0.29, 0.717) is 0 Å². The van der Waals surface area contributed by atoms with Gasteiger partial charge in [-0.1, -0.05) is 82.9 Å². The maximum absolute atomic E-state index is 6.48. The highest BCUT2D eigenvalue weighted by atomic mass is 14.2. The summed E-state index contributed by atoms with van der Waals surface area (Å²) >= 11 is 0. The molecule has 0 saturated heterocycles. The summed E-state index contributed by atoms with van der Waals surface area (Å²) in [5.41, 5.74) is 0. The van der Waals surface area contributed by atoms with Crippen LogP contribution in [0.15, 0.2) is 0 Å². The predicted molar refractivity (Wildman–Crippen MR) is 64.9 cm³/mol. The molecule has 1 aliphatic rings. The summed E-state index contributed by atoms with van der Waals surface area (Å²) in [6.45, 7) is 2.26. The van der Waals surface area contributed by atoms with Gasteiger partial charge in [-0.05, 0) is 0 Å². The molecule has 0 N–H and O–H groups in total. The maximum Gasteiger partial charge on any atom is 0.0746 e. The first-order chi connectivity index (χ1) is 6.77. The topological polar surface area (TPSA) is 0 Å². The number of rotatable bonds is 3. The molecule has 14 heavy (non-hydrogen) atoms. The van der Waals surface area contributed by atoms with Crippen molar-refractivity contribution in [3.05, 3.63) is 0 Å². The minimum absolute atomic E-state index is 0.195. The van der Waals surface area contributed by atoms with E-state index < -0.39 is 0 Å². The fraction of sp³-hybridized carbons (Fsp3) is 1.00. The first-order valence-electron chi connectivity index (χ1n) is 6.56. The van der Waals surface area contributed by atoms with Crippen LogP contribution in [-0.2, 0) is 0 Å². The Bertz CT molecular complexity index is 132. The molecule has 0 aromatic rings. The van der Waals surface area contributed by atoms with E-state index in [2.05, 4.69) is 6.92 Å². The van der Waals surface area contributed by atoms with Crippen molar-refractivity contribution in [3.8, 4) is 0 Å². The normalized spacial score (nSPS) is 23.5. The third-order valence-corrected chi connectivity index (χ3v) is 3.63. The first kappa shape index (κ1) is 12.1. The zero-order valence-corrected chi connectivity index (χ0v) is 9.86. The Kier molecular flexibility index (Phi) is 5.66. The quantitative estimate of drug-likeness (QED) is 0.571. The minimum Gasteiger partial charge on any atom is -0.0661 e. The summed E-state index contributed by atoms with van der Waals surface area (Å²) in [5.74, 6) is 0. The summed E-state index contributed by atoms with van der Waals surface area (Å²) in [4.78, 5) is 0. The second kappa shape index (κ2) is 6.53. The Balaban J connectivity index is 2.36. The Morgan fingerprint density at radius 2 is 1.43 bits per heavy atom. The number of unbranched alkanes of at least 4 members (excludes halogenated alkanes) is 1. The van der Waals surface area contributed by atoms with Crippen LogP contribution in [0.2, 0.25) is 5.31 Å². The zero-order valence-electron chi connectivity index (χ0n) is 9.86. The van der Waals surface area contributed by atoms with E-state index >= 15 is 0 Å². The van der Waals surface area contributed by atoms with Crippen LogP contribution in [0.3, 0.4) is 0 Å². The van der Waals surface area contributed by atoms with E-state index in [1.165, 1.54) is 70.6 Å². The molecule has 0 aliphatic heterocycles. The van der Waals surface area contributed by atoms with Gasteiger partial charge in [-0.25, -0.2) is 0 Å². The van der Waals surface area contributed by atoms with Gasteiger partial charge >= 0.3 is 0 Å². The number of hydrogen-bond donors (Lipinski definition) is 0. The molecule has 0 spiro atoms. The fourth-order valence-electron chi connectivity index (χ4n) is 2.57. The van der Waals surface area contributed by atoms with Gasteiger partial charge in [0, 0.05) is 0 Å². The van der Waals surface area contributed by atoms with Crippen LogP contribution in [0.4, 0.5) is 0 Å². The molecule has 1 fully saturated rings. The Hall–Kier alpha value is 0.0649. The zero-order chi connectivity index (χ0) is 10.3. The Labute approximate surface area is 91.3 Å². The predicted octanol–water partition coefficient (Wildman–Crippen LogP) is 4.64. The van der Waals surface area contributed by atoms with Crippen molar-refractivity contribution in [2.75, 3.05) is 0 Å². The summed E-state index contributed by atoms with van der Waals surface area (Å²) in [6.07, 6.45) is 14.8. The molecule has 0 amide bonds. The molecule has 2 radical (unpaired) electrons. The van der Waals surface area contributed by atoms with Gasteiger partial charge in [-0.3, -0.25) is 0 Å². The van der Waals surface area contributed by atoms with Crippen molar-refractivity contribution in [1.29, 1.82) is 0 Å². The lowest BCUT2D eigenvalue weighted by Gasteiger charge is -2.30. The van der Waals surface area contributed by atoms with Gasteiger partial charge in [0.1, 0.15) is 0 Å². The van der Waals surface area contributed by atoms with Crippen molar-refractivity contribution in [2.24, 2.45) is 0 Å². The smallest absolute Gasteiger partial charge is 0.0661 e. The molecular formula is C13H25B. The van der Waals surface area contributed by atoms with Crippen molar-refractivity contribution < 1.29 is 0 Å². The first-order valence-corrected chi connectivity index (χ1v) is 6.56. The van der Waals surface area contributed by atoms with Crippen molar-refractivity contribution in [2.45, 2.75) is 82.9 Å². The van der Waals surface area contributed by atoms with Gasteiger partial charge < -0.3 is 0 Å². The molecule has 1 aliphatic carbocycles. The van der Waals surface area contributed by atoms with Gasteiger partial charge in [-0.15, -0.1) is 0 Å². The van der Waals surface area contributed by atoms with Gasteiger partial charge in [0.25, 0.3) is 0 Å². The molecule has 0 atom stereocenters. The molecular weight excluding hydrogens is 167 g/mol. The van der Waals surface area contributed by atoms with Gasteiger partial charge in [0.05, 0.1) is 7.85 Å². The van der Waals surface area contributed by atoms with E-state index in [0.717, 1.165) is 0 Å². The van der Waals surface area contributed by atoms with E-state index in [9.17, 15) is 0 Å². The minimum atomic E-state index is 0.195. The second-order valence-electron chi connectivity index (χ2n) is 5.09. The second-order valence-corrected chi connectivity index (χ2v) is 5.09. The third kappa shape index (κ3) is 4.53. The fourth-order valence-corrected chi connectivity index (χ4v) is 2.57. The Morgan fingerprint density at radius 1 is 0.929 bits per heavy atom. The number of hydrogen-bond acceptors (Lipinski definition) is 0. The molecule has 80 valence electrons. The van der Waals surface area contributed by atoms with Crippen LogP contribution in [0.5, 0.6) is 0 Å². The highest BCUT2D eigenvalue weighted by Crippen LogP contribution is 2.41. The molecule has 1 heteroatoms. The summed E-state index contributed by atoms with van der Waals surface area (Å²) in [5, 5.41) is 0.195. The highest BCUT2D eigenvalue weighted by molar-refractivity contribution is 6.15. The van der Waals surface area contributed by atoms with E-state index in [-0.39, 0.29) is 5.31 Å². The highest BCUT2D eigenvalue weighted by Gasteiger charge is 2.22. The summed E-state index contributed by atoms with van der Waals surface area (Å²) in [6, 6.07) is 0. The average Bonchev–Trinajstić information content (AvgIpc) is 2.28. The lowest BCUT2D eigenvalue weighted by Crippen LogP contribution is -2.12. The molecule has 0 heterocycles. The van der Waals surface area contributed by atoms with E-state index in [1.807, 2.05) is 0 Å². The Morgan fingerprint density at radius 3 is 1.93 bits per heavy atom. The van der Waals surface area contributed by atoms with Crippen molar-refractivity contribution in [3.63, 3.8) is 0 Å². The van der Waals surface area contributed by atoms with Crippen LogP contribution < -0.4 is 0 Å². The van der Waals surface area contributed by atoms with Gasteiger partial charge in [0.2, 0.25) is 0 Å².